The second-order valence-electron chi connectivity index (χ2n) is 5.44. The quantitative estimate of drug-likeness (QED) is 0.662. The minimum absolute atomic E-state index is 0.0847. The first-order valence-corrected chi connectivity index (χ1v) is 8.33. The largest absolute Gasteiger partial charge is 0.467 e. The van der Waals surface area contributed by atoms with Gasteiger partial charge >= 0.3 is 0 Å². The highest BCUT2D eigenvalue weighted by Gasteiger charge is 2.12. The number of anilines is 1. The summed E-state index contributed by atoms with van der Waals surface area (Å²) in [4.78, 5) is 31.6. The van der Waals surface area contributed by atoms with E-state index in [2.05, 4.69) is 15.3 Å². The van der Waals surface area contributed by atoms with Crippen LogP contribution >= 0.6 is 23.2 Å². The molecule has 0 saturated heterocycles. The number of fused-ring (bicyclic) bond motifs is 1. The van der Waals surface area contributed by atoms with Crippen molar-refractivity contribution in [1.82, 2.24) is 9.97 Å². The molecule has 1 amide bonds. The Morgan fingerprint density at radius 3 is 2.73 bits per heavy atom. The van der Waals surface area contributed by atoms with Gasteiger partial charge in [-0.2, -0.15) is 0 Å². The van der Waals surface area contributed by atoms with E-state index in [1.807, 2.05) is 0 Å². The van der Waals surface area contributed by atoms with Crippen molar-refractivity contribution in [1.29, 1.82) is 0 Å². The maximum atomic E-state index is 12.1. The van der Waals surface area contributed by atoms with E-state index in [1.54, 1.807) is 36.4 Å². The van der Waals surface area contributed by atoms with Crippen molar-refractivity contribution in [2.45, 2.75) is 6.92 Å². The number of ketones is 1. The number of carbonyl (C=O) groups is 2. The molecule has 1 N–H and O–H groups in total. The van der Waals surface area contributed by atoms with Gasteiger partial charge in [0.1, 0.15) is 6.33 Å². The minimum atomic E-state index is -0.398. The second-order valence-corrected chi connectivity index (χ2v) is 6.28. The molecular weight excluding hydrogens is 377 g/mol. The van der Waals surface area contributed by atoms with Crippen molar-refractivity contribution in [3.8, 4) is 5.88 Å². The summed E-state index contributed by atoms with van der Waals surface area (Å²) in [5.41, 5.74) is 1.50. The zero-order valence-corrected chi connectivity index (χ0v) is 15.1. The van der Waals surface area contributed by atoms with Gasteiger partial charge in [0.05, 0.1) is 15.9 Å². The lowest BCUT2D eigenvalue weighted by atomic mass is 10.1. The predicted octanol–water partition coefficient (Wildman–Crippen LogP) is 4.16. The maximum absolute atomic E-state index is 12.1. The molecule has 1 heterocycles. The summed E-state index contributed by atoms with van der Waals surface area (Å²) in [6.07, 6.45) is 1.30. The monoisotopic (exact) mass is 389 g/mol. The van der Waals surface area contributed by atoms with Gasteiger partial charge in [-0.25, -0.2) is 9.97 Å². The molecule has 0 bridgehead atoms. The van der Waals surface area contributed by atoms with E-state index < -0.39 is 5.91 Å². The number of amides is 1. The third kappa shape index (κ3) is 4.09. The fourth-order valence-electron chi connectivity index (χ4n) is 2.33. The molecule has 3 aromatic rings. The Morgan fingerprint density at radius 1 is 1.15 bits per heavy atom. The summed E-state index contributed by atoms with van der Waals surface area (Å²) in [7, 11) is 0. The van der Waals surface area contributed by atoms with Gasteiger partial charge in [-0.15, -0.1) is 0 Å². The van der Waals surface area contributed by atoms with Gasteiger partial charge in [-0.3, -0.25) is 9.59 Å². The van der Waals surface area contributed by atoms with Gasteiger partial charge in [0, 0.05) is 16.3 Å². The molecule has 0 fully saturated rings. The number of hydrogen-bond acceptors (Lipinski definition) is 5. The molecule has 2 aromatic carbocycles. The molecule has 0 unspecified atom stereocenters. The molecule has 0 saturated carbocycles. The number of Topliss-reactive ketones (excluding diaryl/α,β-unsaturated/α-hetero) is 1. The van der Waals surface area contributed by atoms with E-state index in [-0.39, 0.29) is 18.3 Å². The van der Waals surface area contributed by atoms with Crippen LogP contribution in [0.5, 0.6) is 5.88 Å². The van der Waals surface area contributed by atoms with Crippen LogP contribution in [0.3, 0.4) is 0 Å². The number of halogens is 2. The number of carbonyl (C=O) groups excluding carboxylic acids is 2. The molecule has 8 heteroatoms. The average molecular weight is 390 g/mol. The number of benzene rings is 2. The van der Waals surface area contributed by atoms with Crippen molar-refractivity contribution >= 4 is 51.5 Å². The van der Waals surface area contributed by atoms with E-state index in [0.29, 0.717) is 32.2 Å². The first kappa shape index (κ1) is 18.1. The van der Waals surface area contributed by atoms with E-state index in [1.165, 1.54) is 13.3 Å². The van der Waals surface area contributed by atoms with Gasteiger partial charge in [-0.05, 0) is 31.2 Å². The second kappa shape index (κ2) is 7.68. The van der Waals surface area contributed by atoms with Gasteiger partial charge in [0.15, 0.2) is 12.4 Å². The highest BCUT2D eigenvalue weighted by Crippen LogP contribution is 2.30. The van der Waals surface area contributed by atoms with Crippen LogP contribution in [-0.2, 0) is 4.79 Å². The number of ether oxygens (including phenoxy) is 1. The molecule has 26 heavy (non-hydrogen) atoms. The zero-order valence-electron chi connectivity index (χ0n) is 13.6. The molecule has 0 aliphatic carbocycles. The maximum Gasteiger partial charge on any atom is 0.262 e. The normalized spacial score (nSPS) is 10.6. The lowest BCUT2D eigenvalue weighted by Crippen LogP contribution is -2.20. The van der Waals surface area contributed by atoms with Crippen LogP contribution in [0.1, 0.15) is 17.3 Å². The lowest BCUT2D eigenvalue weighted by molar-refractivity contribution is -0.118. The Hall–Kier alpha value is -2.70. The van der Waals surface area contributed by atoms with Crippen LogP contribution in [0.25, 0.3) is 10.9 Å². The van der Waals surface area contributed by atoms with Gasteiger partial charge in [-0.1, -0.05) is 35.3 Å². The third-order valence-electron chi connectivity index (χ3n) is 3.51. The number of aromatic nitrogens is 2. The predicted molar refractivity (Wildman–Crippen MR) is 100 cm³/mol. The minimum Gasteiger partial charge on any atom is -0.467 e. The molecular formula is C18H13Cl2N3O3. The first-order chi connectivity index (χ1) is 12.4. The highest BCUT2D eigenvalue weighted by atomic mass is 35.5. The van der Waals surface area contributed by atoms with Crippen LogP contribution in [-0.4, -0.2) is 28.3 Å². The molecule has 6 nitrogen and oxygen atoms in total. The molecule has 132 valence electrons. The first-order valence-electron chi connectivity index (χ1n) is 7.57. The standard InChI is InChI=1S/C18H13Cl2N3O3/c1-10(24)11-3-2-4-13(5-11)23-16(25)8-26-18-14-6-12(19)7-15(20)17(14)21-9-22-18/h2-7,9H,8H2,1H3,(H,23,25). The Labute approximate surface area is 159 Å². The summed E-state index contributed by atoms with van der Waals surface area (Å²) < 4.78 is 5.49. The molecule has 0 spiro atoms. The van der Waals surface area contributed by atoms with E-state index >= 15 is 0 Å². The van der Waals surface area contributed by atoms with Crippen LogP contribution in [0.4, 0.5) is 5.69 Å². The summed E-state index contributed by atoms with van der Waals surface area (Å²) in [5.74, 6) is -0.281. The molecule has 0 aliphatic heterocycles. The molecule has 3 rings (SSSR count). The number of hydrogen-bond donors (Lipinski definition) is 1. The van der Waals surface area contributed by atoms with Crippen molar-refractivity contribution < 1.29 is 14.3 Å². The average Bonchev–Trinajstić information content (AvgIpc) is 2.60. The van der Waals surface area contributed by atoms with Gasteiger partial charge in [0.25, 0.3) is 5.91 Å². The summed E-state index contributed by atoms with van der Waals surface area (Å²) in [5, 5.41) is 3.95. The molecule has 1 aromatic heterocycles. The molecule has 0 aliphatic rings. The highest BCUT2D eigenvalue weighted by molar-refractivity contribution is 6.38. The van der Waals surface area contributed by atoms with E-state index in [0.717, 1.165) is 0 Å². The van der Waals surface area contributed by atoms with Crippen LogP contribution in [0.2, 0.25) is 10.0 Å². The number of nitrogens with one attached hydrogen (secondary N) is 1. The summed E-state index contributed by atoms with van der Waals surface area (Å²) in [6, 6.07) is 9.83. The van der Waals surface area contributed by atoms with Crippen LogP contribution in [0, 0.1) is 0 Å². The Morgan fingerprint density at radius 2 is 1.96 bits per heavy atom. The fourth-order valence-corrected chi connectivity index (χ4v) is 2.87. The fraction of sp³-hybridized carbons (Fsp3) is 0.111. The molecule has 0 radical (unpaired) electrons. The van der Waals surface area contributed by atoms with Crippen molar-refractivity contribution in [3.05, 3.63) is 58.3 Å². The lowest BCUT2D eigenvalue weighted by Gasteiger charge is -2.10. The molecule has 0 atom stereocenters. The van der Waals surface area contributed by atoms with Crippen LogP contribution < -0.4 is 10.1 Å². The third-order valence-corrected chi connectivity index (χ3v) is 4.02. The van der Waals surface area contributed by atoms with Crippen molar-refractivity contribution in [2.24, 2.45) is 0 Å². The summed E-state index contributed by atoms with van der Waals surface area (Å²) in [6.45, 7) is 1.18. The van der Waals surface area contributed by atoms with Crippen LogP contribution in [0.15, 0.2) is 42.7 Å². The zero-order chi connectivity index (χ0) is 18.7. The number of rotatable bonds is 5. The smallest absolute Gasteiger partial charge is 0.262 e. The van der Waals surface area contributed by atoms with E-state index in [9.17, 15) is 9.59 Å². The van der Waals surface area contributed by atoms with Gasteiger partial charge < -0.3 is 10.1 Å². The number of nitrogens with zero attached hydrogens (tertiary/aromatic N) is 2. The van der Waals surface area contributed by atoms with Crippen molar-refractivity contribution in [3.63, 3.8) is 0 Å². The van der Waals surface area contributed by atoms with Crippen molar-refractivity contribution in [2.75, 3.05) is 11.9 Å². The summed E-state index contributed by atoms with van der Waals surface area (Å²) >= 11 is 12.1. The Kier molecular flexibility index (Phi) is 5.35. The Bertz CT molecular complexity index is 1010. The Balaban J connectivity index is 1.73. The topological polar surface area (TPSA) is 81.2 Å². The SMILES string of the molecule is CC(=O)c1cccc(NC(=O)COc2ncnc3c(Cl)cc(Cl)cc23)c1. The van der Waals surface area contributed by atoms with Gasteiger partial charge in [0.2, 0.25) is 5.88 Å². The van der Waals surface area contributed by atoms with E-state index in [4.69, 9.17) is 27.9 Å².